The maximum atomic E-state index is 11.3. The first-order valence-electron chi connectivity index (χ1n) is 5.99. The van der Waals surface area contributed by atoms with E-state index >= 15 is 0 Å². The molecule has 1 aromatic carbocycles. The first kappa shape index (κ1) is 12.5. The van der Waals surface area contributed by atoms with Crippen molar-refractivity contribution in [3.63, 3.8) is 0 Å². The number of Topliss-reactive ketones (excluding diaryl/α,β-unsaturated/α-hetero) is 1. The molecule has 0 bridgehead atoms. The Hall–Kier alpha value is -1.91. The minimum Gasteiger partial charge on any atom is -0.374 e. The number of nitro groups is 1. The number of anilines is 1. The lowest BCUT2D eigenvalue weighted by molar-refractivity contribution is -0.385. The van der Waals surface area contributed by atoms with Crippen LogP contribution in [0.5, 0.6) is 0 Å². The molecule has 0 N–H and O–H groups in total. The van der Waals surface area contributed by atoms with Gasteiger partial charge in [-0.25, -0.2) is 0 Å². The van der Waals surface area contributed by atoms with Crippen molar-refractivity contribution >= 4 is 17.2 Å². The summed E-state index contributed by atoms with van der Waals surface area (Å²) in [6, 6.07) is 4.80. The Balaban J connectivity index is 2.29. The van der Waals surface area contributed by atoms with E-state index in [2.05, 4.69) is 0 Å². The van der Waals surface area contributed by atoms with Crippen molar-refractivity contribution < 1.29 is 9.72 Å². The summed E-state index contributed by atoms with van der Waals surface area (Å²) in [6.07, 6.45) is 2.47. The Kier molecular flexibility index (Phi) is 3.32. The van der Waals surface area contributed by atoms with Gasteiger partial charge in [-0.15, -0.1) is 0 Å². The van der Waals surface area contributed by atoms with E-state index in [9.17, 15) is 14.9 Å². The standard InChI is InChI=1S/C13H16N2O3/c1-9(16)12-6-5-11(7-13(12)15(17)18)14(2)8-10-3-4-10/h5-7,10H,3-4,8H2,1-2H3. The molecule has 18 heavy (non-hydrogen) atoms. The maximum absolute atomic E-state index is 11.3. The topological polar surface area (TPSA) is 63.5 Å². The largest absolute Gasteiger partial charge is 0.374 e. The SMILES string of the molecule is CC(=O)c1ccc(N(C)CC2CC2)cc1[N+](=O)[O-]. The second-order valence-corrected chi connectivity index (χ2v) is 4.84. The molecule has 0 aliphatic heterocycles. The Bertz CT molecular complexity index is 495. The van der Waals surface area contributed by atoms with E-state index in [0.717, 1.165) is 12.2 Å². The molecule has 5 nitrogen and oxygen atoms in total. The van der Waals surface area contributed by atoms with Gasteiger partial charge in [0.15, 0.2) is 5.78 Å². The molecule has 0 unspecified atom stereocenters. The summed E-state index contributed by atoms with van der Waals surface area (Å²) in [5.74, 6) is 0.430. The van der Waals surface area contributed by atoms with Gasteiger partial charge in [0.05, 0.1) is 10.5 Å². The summed E-state index contributed by atoms with van der Waals surface area (Å²) in [5, 5.41) is 11.0. The smallest absolute Gasteiger partial charge is 0.282 e. The van der Waals surface area contributed by atoms with Gasteiger partial charge in [-0.3, -0.25) is 14.9 Å². The molecule has 1 aliphatic rings. The zero-order valence-electron chi connectivity index (χ0n) is 10.5. The molecule has 0 amide bonds. The summed E-state index contributed by atoms with van der Waals surface area (Å²) in [6.45, 7) is 2.26. The molecule has 0 atom stereocenters. The van der Waals surface area contributed by atoms with Gasteiger partial charge in [0.2, 0.25) is 0 Å². The van der Waals surface area contributed by atoms with Crippen LogP contribution >= 0.6 is 0 Å². The van der Waals surface area contributed by atoms with Crippen LogP contribution in [0.2, 0.25) is 0 Å². The van der Waals surface area contributed by atoms with Crippen molar-refractivity contribution in [3.05, 3.63) is 33.9 Å². The zero-order chi connectivity index (χ0) is 13.3. The number of benzene rings is 1. The van der Waals surface area contributed by atoms with E-state index < -0.39 is 4.92 Å². The molecule has 0 radical (unpaired) electrons. The molecule has 1 aliphatic carbocycles. The van der Waals surface area contributed by atoms with Crippen LogP contribution in [0.4, 0.5) is 11.4 Å². The van der Waals surface area contributed by atoms with Crippen LogP contribution in [0.1, 0.15) is 30.1 Å². The van der Waals surface area contributed by atoms with Gasteiger partial charge in [0, 0.05) is 25.3 Å². The van der Waals surface area contributed by atoms with Crippen molar-refractivity contribution in [1.82, 2.24) is 0 Å². The summed E-state index contributed by atoms with van der Waals surface area (Å²) in [5.41, 5.74) is 0.852. The molecule has 2 rings (SSSR count). The van der Waals surface area contributed by atoms with Crippen LogP contribution in [0.25, 0.3) is 0 Å². The number of hydrogen-bond acceptors (Lipinski definition) is 4. The van der Waals surface area contributed by atoms with Crippen LogP contribution < -0.4 is 4.90 Å². The lowest BCUT2D eigenvalue weighted by Gasteiger charge is -2.19. The molecular weight excluding hydrogens is 232 g/mol. The minimum absolute atomic E-state index is 0.109. The third-order valence-electron chi connectivity index (χ3n) is 3.23. The van der Waals surface area contributed by atoms with Crippen molar-refractivity contribution in [2.45, 2.75) is 19.8 Å². The molecule has 1 fully saturated rings. The molecule has 5 heteroatoms. The van der Waals surface area contributed by atoms with E-state index in [1.54, 1.807) is 12.1 Å². The molecule has 96 valence electrons. The highest BCUT2D eigenvalue weighted by Gasteiger charge is 2.24. The number of carbonyl (C=O) groups is 1. The molecule has 1 aromatic rings. The number of ketones is 1. The lowest BCUT2D eigenvalue weighted by atomic mass is 10.1. The normalized spacial score (nSPS) is 14.3. The lowest BCUT2D eigenvalue weighted by Crippen LogP contribution is -2.20. The minimum atomic E-state index is -0.495. The van der Waals surface area contributed by atoms with Gasteiger partial charge in [0.1, 0.15) is 0 Å². The number of rotatable bonds is 5. The van der Waals surface area contributed by atoms with E-state index in [-0.39, 0.29) is 17.0 Å². The van der Waals surface area contributed by atoms with Gasteiger partial charge in [-0.05, 0) is 37.8 Å². The highest BCUT2D eigenvalue weighted by molar-refractivity contribution is 5.98. The molecule has 0 aromatic heterocycles. The summed E-state index contributed by atoms with van der Waals surface area (Å²) >= 11 is 0. The monoisotopic (exact) mass is 248 g/mol. The van der Waals surface area contributed by atoms with Crippen molar-refractivity contribution in [2.24, 2.45) is 5.92 Å². The Morgan fingerprint density at radius 1 is 1.50 bits per heavy atom. The summed E-state index contributed by atoms with van der Waals surface area (Å²) in [7, 11) is 1.92. The fourth-order valence-corrected chi connectivity index (χ4v) is 2.00. The number of nitrogens with zero attached hydrogens (tertiary/aromatic N) is 2. The van der Waals surface area contributed by atoms with E-state index in [1.165, 1.54) is 25.8 Å². The van der Waals surface area contributed by atoms with Crippen molar-refractivity contribution in [3.8, 4) is 0 Å². The van der Waals surface area contributed by atoms with Crippen molar-refractivity contribution in [2.75, 3.05) is 18.5 Å². The van der Waals surface area contributed by atoms with Crippen LogP contribution in [0.3, 0.4) is 0 Å². The number of carbonyl (C=O) groups excluding carboxylic acids is 1. The van der Waals surface area contributed by atoms with Crippen LogP contribution in [0.15, 0.2) is 18.2 Å². The molecule has 1 saturated carbocycles. The van der Waals surface area contributed by atoms with Crippen LogP contribution in [0, 0.1) is 16.0 Å². The van der Waals surface area contributed by atoms with E-state index in [4.69, 9.17) is 0 Å². The van der Waals surface area contributed by atoms with Gasteiger partial charge in [0.25, 0.3) is 5.69 Å². The second-order valence-electron chi connectivity index (χ2n) is 4.84. The van der Waals surface area contributed by atoms with Gasteiger partial charge in [-0.1, -0.05) is 0 Å². The first-order chi connectivity index (χ1) is 8.49. The average molecular weight is 248 g/mol. The van der Waals surface area contributed by atoms with Crippen LogP contribution in [-0.2, 0) is 0 Å². The van der Waals surface area contributed by atoms with Gasteiger partial charge < -0.3 is 4.90 Å². The third-order valence-corrected chi connectivity index (χ3v) is 3.23. The Labute approximate surface area is 106 Å². The van der Waals surface area contributed by atoms with Gasteiger partial charge >= 0.3 is 0 Å². The molecule has 0 spiro atoms. The third kappa shape index (κ3) is 2.67. The number of hydrogen-bond donors (Lipinski definition) is 0. The molecule has 0 heterocycles. The fraction of sp³-hybridized carbons (Fsp3) is 0.462. The average Bonchev–Trinajstić information content (AvgIpc) is 3.11. The predicted octanol–water partition coefficient (Wildman–Crippen LogP) is 2.64. The molecular formula is C13H16N2O3. The number of nitro benzene ring substituents is 1. The highest BCUT2D eigenvalue weighted by atomic mass is 16.6. The second kappa shape index (κ2) is 4.76. The Morgan fingerprint density at radius 2 is 2.17 bits per heavy atom. The summed E-state index contributed by atoms with van der Waals surface area (Å²) in [4.78, 5) is 23.8. The summed E-state index contributed by atoms with van der Waals surface area (Å²) < 4.78 is 0. The van der Waals surface area contributed by atoms with Crippen LogP contribution in [-0.4, -0.2) is 24.3 Å². The first-order valence-corrected chi connectivity index (χ1v) is 5.99. The fourth-order valence-electron chi connectivity index (χ4n) is 2.00. The zero-order valence-corrected chi connectivity index (χ0v) is 10.5. The predicted molar refractivity (Wildman–Crippen MR) is 69.1 cm³/mol. The quantitative estimate of drug-likeness (QED) is 0.456. The van der Waals surface area contributed by atoms with E-state index in [0.29, 0.717) is 5.92 Å². The van der Waals surface area contributed by atoms with Gasteiger partial charge in [-0.2, -0.15) is 0 Å². The Morgan fingerprint density at radius 3 is 2.67 bits per heavy atom. The van der Waals surface area contributed by atoms with E-state index in [1.807, 2.05) is 11.9 Å². The molecule has 0 saturated heterocycles. The maximum Gasteiger partial charge on any atom is 0.282 e. The highest BCUT2D eigenvalue weighted by Crippen LogP contribution is 2.32. The van der Waals surface area contributed by atoms with Crippen molar-refractivity contribution in [1.29, 1.82) is 0 Å².